The van der Waals surface area contributed by atoms with Crippen LogP contribution in [0.1, 0.15) is 33.6 Å². The number of carbonyl (C=O) groups excluding carboxylic acids is 1. The summed E-state index contributed by atoms with van der Waals surface area (Å²) in [6.45, 7) is -0.240. The lowest BCUT2D eigenvalue weighted by atomic mass is 9.96. The van der Waals surface area contributed by atoms with Gasteiger partial charge in [-0.2, -0.15) is 8.78 Å². The Balaban J connectivity index is 1.63. The molecule has 1 aliphatic rings. The van der Waals surface area contributed by atoms with Gasteiger partial charge in [-0.15, -0.1) is 0 Å². The van der Waals surface area contributed by atoms with Crippen LogP contribution in [0, 0.1) is 6.92 Å². The number of ether oxygens (including phenoxy) is 1. The molecule has 2 aromatic carbocycles. The highest BCUT2D eigenvalue weighted by Gasteiger charge is 2.22. The third-order valence-corrected chi connectivity index (χ3v) is 5.74. The first kappa shape index (κ1) is 21.1. The number of amides is 1. The van der Waals surface area contributed by atoms with Crippen LogP contribution in [0.15, 0.2) is 53.5 Å². The molecule has 0 spiro atoms. The van der Waals surface area contributed by atoms with Crippen LogP contribution in [0.5, 0.6) is 5.75 Å². The predicted octanol–water partition coefficient (Wildman–Crippen LogP) is 4.59. The monoisotopic (exact) mass is 444 g/mol. The first-order valence-electron chi connectivity index (χ1n) is 9.68. The molecular formula is C23H19ClF2N2O3. The fraction of sp³-hybridized carbons (Fsp3) is 0.217. The lowest BCUT2D eigenvalue weighted by Gasteiger charge is -2.15. The quantitative estimate of drug-likeness (QED) is 0.640. The van der Waals surface area contributed by atoms with Crippen molar-refractivity contribution >= 4 is 17.5 Å². The summed E-state index contributed by atoms with van der Waals surface area (Å²) in [5.41, 5.74) is 3.58. The van der Waals surface area contributed by atoms with E-state index in [-0.39, 0.29) is 5.91 Å². The summed E-state index contributed by atoms with van der Waals surface area (Å²) in [6.07, 6.45) is 1.68. The first-order valence-corrected chi connectivity index (χ1v) is 10.1. The topological polar surface area (TPSA) is 60.3 Å². The van der Waals surface area contributed by atoms with Crippen molar-refractivity contribution in [3.8, 4) is 16.9 Å². The predicted molar refractivity (Wildman–Crippen MR) is 114 cm³/mol. The molecule has 4 rings (SSSR count). The van der Waals surface area contributed by atoms with Crippen molar-refractivity contribution in [2.45, 2.75) is 19.9 Å². The minimum atomic E-state index is -2.89. The van der Waals surface area contributed by atoms with Crippen LogP contribution in [0.3, 0.4) is 0 Å². The normalized spacial score (nSPS) is 13.4. The zero-order valence-corrected chi connectivity index (χ0v) is 17.4. The number of halogens is 3. The molecule has 1 aliphatic heterocycles. The van der Waals surface area contributed by atoms with Gasteiger partial charge in [0, 0.05) is 12.3 Å². The maximum Gasteiger partial charge on any atom is 0.321 e. The SMILES string of the molecule is Cc1c(Cc2ccc(-c3ccc(=O)n(C(F)F)c3)cc2)cc2c(c1Cl)OCCNC2=O. The standard InChI is InChI=1S/C23H19ClF2N2O3/c1-13-17(11-18-21(20(13)24)31-9-8-27-22(18)30)10-14-2-4-15(5-3-14)16-6-7-19(29)28(12-16)23(25)26/h2-7,11-12,23H,8-10H2,1H3,(H,27,30). The third kappa shape index (κ3) is 4.18. The van der Waals surface area contributed by atoms with E-state index < -0.39 is 12.1 Å². The van der Waals surface area contributed by atoms with Crippen molar-refractivity contribution in [1.29, 1.82) is 0 Å². The Morgan fingerprint density at radius 2 is 1.84 bits per heavy atom. The van der Waals surface area contributed by atoms with Gasteiger partial charge in [-0.1, -0.05) is 35.9 Å². The summed E-state index contributed by atoms with van der Waals surface area (Å²) < 4.78 is 32.0. The van der Waals surface area contributed by atoms with Crippen molar-refractivity contribution in [2.24, 2.45) is 0 Å². The molecule has 0 radical (unpaired) electrons. The summed E-state index contributed by atoms with van der Waals surface area (Å²) >= 11 is 6.48. The van der Waals surface area contributed by atoms with Crippen molar-refractivity contribution < 1.29 is 18.3 Å². The molecule has 31 heavy (non-hydrogen) atoms. The largest absolute Gasteiger partial charge is 0.489 e. The highest BCUT2D eigenvalue weighted by molar-refractivity contribution is 6.33. The van der Waals surface area contributed by atoms with Crippen LogP contribution < -0.4 is 15.6 Å². The van der Waals surface area contributed by atoms with E-state index in [9.17, 15) is 18.4 Å². The molecule has 3 aromatic rings. The second kappa shape index (κ2) is 8.51. The molecule has 0 unspecified atom stereocenters. The maximum atomic E-state index is 13.0. The van der Waals surface area contributed by atoms with E-state index in [2.05, 4.69) is 5.32 Å². The van der Waals surface area contributed by atoms with E-state index in [0.29, 0.717) is 51.6 Å². The summed E-state index contributed by atoms with van der Waals surface area (Å²) in [4.78, 5) is 23.9. The van der Waals surface area contributed by atoms with Gasteiger partial charge in [-0.05, 0) is 53.3 Å². The van der Waals surface area contributed by atoms with Crippen LogP contribution in [-0.2, 0) is 6.42 Å². The number of alkyl halides is 2. The maximum absolute atomic E-state index is 13.0. The van der Waals surface area contributed by atoms with Gasteiger partial charge in [0.2, 0.25) is 0 Å². The molecule has 0 atom stereocenters. The number of hydrogen-bond donors (Lipinski definition) is 1. The average molecular weight is 445 g/mol. The van der Waals surface area contributed by atoms with Gasteiger partial charge in [0.05, 0.1) is 17.1 Å². The number of carbonyl (C=O) groups is 1. The average Bonchev–Trinajstić information content (AvgIpc) is 2.94. The minimum Gasteiger partial charge on any atom is -0.489 e. The van der Waals surface area contributed by atoms with Gasteiger partial charge in [-0.3, -0.25) is 14.2 Å². The van der Waals surface area contributed by atoms with E-state index in [1.807, 2.05) is 19.1 Å². The Bertz CT molecular complexity index is 1210. The van der Waals surface area contributed by atoms with Crippen LogP contribution in [0.4, 0.5) is 8.78 Å². The molecule has 0 saturated carbocycles. The molecule has 0 aliphatic carbocycles. The van der Waals surface area contributed by atoms with E-state index in [1.165, 1.54) is 6.07 Å². The smallest absolute Gasteiger partial charge is 0.321 e. The van der Waals surface area contributed by atoms with Crippen LogP contribution in [0.25, 0.3) is 11.1 Å². The second-order valence-electron chi connectivity index (χ2n) is 7.27. The highest BCUT2D eigenvalue weighted by Crippen LogP contribution is 2.36. The molecule has 1 amide bonds. The van der Waals surface area contributed by atoms with Crippen LogP contribution in [-0.4, -0.2) is 23.6 Å². The number of benzene rings is 2. The molecule has 5 nitrogen and oxygen atoms in total. The fourth-order valence-corrected chi connectivity index (χ4v) is 3.82. The summed E-state index contributed by atoms with van der Waals surface area (Å²) in [5, 5.41) is 3.21. The molecule has 8 heteroatoms. The Morgan fingerprint density at radius 3 is 2.55 bits per heavy atom. The van der Waals surface area contributed by atoms with Gasteiger partial charge in [-0.25, -0.2) is 0 Å². The lowest BCUT2D eigenvalue weighted by Crippen LogP contribution is -2.24. The zero-order chi connectivity index (χ0) is 22.1. The fourth-order valence-electron chi connectivity index (χ4n) is 3.55. The third-order valence-electron chi connectivity index (χ3n) is 5.28. The van der Waals surface area contributed by atoms with Gasteiger partial charge in [0.1, 0.15) is 6.61 Å². The number of nitrogens with zero attached hydrogens (tertiary/aromatic N) is 1. The molecule has 0 bridgehead atoms. The van der Waals surface area contributed by atoms with Crippen molar-refractivity contribution in [1.82, 2.24) is 9.88 Å². The molecule has 1 N–H and O–H groups in total. The number of hydrogen-bond acceptors (Lipinski definition) is 3. The summed E-state index contributed by atoms with van der Waals surface area (Å²) in [5.74, 6) is 0.183. The van der Waals surface area contributed by atoms with Gasteiger partial charge < -0.3 is 10.1 Å². The number of fused-ring (bicyclic) bond motifs is 1. The Kier molecular flexibility index (Phi) is 5.78. The van der Waals surface area contributed by atoms with Gasteiger partial charge in [0.25, 0.3) is 11.5 Å². The van der Waals surface area contributed by atoms with E-state index in [4.69, 9.17) is 16.3 Å². The molecule has 2 heterocycles. The lowest BCUT2D eigenvalue weighted by molar-refractivity contribution is 0.0665. The number of pyridine rings is 1. The van der Waals surface area contributed by atoms with E-state index >= 15 is 0 Å². The van der Waals surface area contributed by atoms with Gasteiger partial charge in [0.15, 0.2) is 5.75 Å². The van der Waals surface area contributed by atoms with Gasteiger partial charge >= 0.3 is 6.55 Å². The molecular weight excluding hydrogens is 426 g/mol. The zero-order valence-electron chi connectivity index (χ0n) is 16.6. The van der Waals surface area contributed by atoms with Crippen molar-refractivity contribution in [2.75, 3.05) is 13.2 Å². The molecule has 0 saturated heterocycles. The molecule has 1 aromatic heterocycles. The minimum absolute atomic E-state index is 0.222. The van der Waals surface area contributed by atoms with Crippen LogP contribution in [0.2, 0.25) is 5.02 Å². The Morgan fingerprint density at radius 1 is 1.13 bits per heavy atom. The summed E-state index contributed by atoms with van der Waals surface area (Å²) in [6, 6.07) is 11.8. The molecule has 0 fully saturated rings. The second-order valence-corrected chi connectivity index (χ2v) is 7.65. The highest BCUT2D eigenvalue weighted by atomic mass is 35.5. The van der Waals surface area contributed by atoms with Crippen molar-refractivity contribution in [3.63, 3.8) is 0 Å². The van der Waals surface area contributed by atoms with E-state index in [0.717, 1.165) is 29.0 Å². The summed E-state index contributed by atoms with van der Waals surface area (Å²) in [7, 11) is 0. The number of rotatable bonds is 4. The molecule has 160 valence electrons. The Labute approximate surface area is 182 Å². The van der Waals surface area contributed by atoms with Crippen molar-refractivity contribution in [3.05, 3.63) is 86.3 Å². The van der Waals surface area contributed by atoms with E-state index in [1.54, 1.807) is 18.2 Å². The van der Waals surface area contributed by atoms with Crippen LogP contribution >= 0.6 is 11.6 Å². The first-order chi connectivity index (χ1) is 14.8. The Hall–Kier alpha value is -3.19. The number of nitrogens with one attached hydrogen (secondary N) is 1. The number of aromatic nitrogens is 1.